The van der Waals surface area contributed by atoms with Crippen LogP contribution in [0, 0.1) is 0 Å². The van der Waals surface area contributed by atoms with Gasteiger partial charge < -0.3 is 15.4 Å². The summed E-state index contributed by atoms with van der Waals surface area (Å²) >= 11 is 0.396. The van der Waals surface area contributed by atoms with E-state index in [1.807, 2.05) is 24.3 Å². The predicted molar refractivity (Wildman–Crippen MR) is 84.9 cm³/mol. The maximum Gasteiger partial charge on any atom is 0.397 e. The maximum atomic E-state index is 12.0. The molecule has 0 radical (unpaired) electrons. The molecule has 0 aliphatic carbocycles. The van der Waals surface area contributed by atoms with Gasteiger partial charge in [-0.25, -0.2) is 4.79 Å². The van der Waals surface area contributed by atoms with Gasteiger partial charge >= 0.3 is 12.1 Å². The van der Waals surface area contributed by atoms with Crippen molar-refractivity contribution in [3.63, 3.8) is 0 Å². The van der Waals surface area contributed by atoms with Crippen molar-refractivity contribution in [2.45, 2.75) is 18.6 Å². The number of aromatic nitrogens is 1. The number of aliphatic carboxylic acids is 1. The largest absolute Gasteiger partial charge is 0.480 e. The number of hydrogen-bond acceptors (Lipinski definition) is 3. The van der Waals surface area contributed by atoms with Crippen molar-refractivity contribution in [2.75, 3.05) is 11.5 Å². The van der Waals surface area contributed by atoms with Crippen LogP contribution in [0.2, 0.25) is 0 Å². The van der Waals surface area contributed by atoms with Gasteiger partial charge in [0.05, 0.1) is 11.5 Å². The number of para-hydroxylation sites is 1. The van der Waals surface area contributed by atoms with Crippen LogP contribution in [-0.4, -0.2) is 45.7 Å². The molecule has 0 aliphatic rings. The molecular formula is C15H15F3N2O3S. The van der Waals surface area contributed by atoms with Gasteiger partial charge in [-0.3, -0.25) is 4.79 Å². The SMILES string of the molecule is O=C(CSCC(F)(F)F)NC(Cc1c[nH]c2ccccc12)C(=O)O. The lowest BCUT2D eigenvalue weighted by atomic mass is 10.1. The van der Waals surface area contributed by atoms with Crippen molar-refractivity contribution in [3.8, 4) is 0 Å². The number of amides is 1. The number of carboxylic acid groups (broad SMARTS) is 1. The number of rotatable bonds is 7. The topological polar surface area (TPSA) is 82.2 Å². The fourth-order valence-electron chi connectivity index (χ4n) is 2.22. The molecule has 1 unspecified atom stereocenters. The fourth-order valence-corrected chi connectivity index (χ4v) is 2.82. The summed E-state index contributed by atoms with van der Waals surface area (Å²) in [7, 11) is 0. The van der Waals surface area contributed by atoms with Crippen molar-refractivity contribution in [1.82, 2.24) is 10.3 Å². The molecule has 5 nitrogen and oxygen atoms in total. The molecule has 130 valence electrons. The Hall–Kier alpha value is -2.16. The quantitative estimate of drug-likeness (QED) is 0.709. The zero-order valence-electron chi connectivity index (χ0n) is 12.4. The first kappa shape index (κ1) is 18.2. The number of carboxylic acids is 1. The van der Waals surface area contributed by atoms with Crippen LogP contribution in [0.4, 0.5) is 13.2 Å². The van der Waals surface area contributed by atoms with Gasteiger partial charge in [-0.05, 0) is 11.6 Å². The van der Waals surface area contributed by atoms with Crippen molar-refractivity contribution in [3.05, 3.63) is 36.0 Å². The summed E-state index contributed by atoms with van der Waals surface area (Å²) < 4.78 is 36.1. The van der Waals surface area contributed by atoms with E-state index < -0.39 is 35.6 Å². The normalized spacial score (nSPS) is 13.0. The molecule has 2 aromatic rings. The molecule has 0 fully saturated rings. The Bertz CT molecular complexity index is 730. The van der Waals surface area contributed by atoms with E-state index in [0.29, 0.717) is 17.3 Å². The molecular weight excluding hydrogens is 345 g/mol. The van der Waals surface area contributed by atoms with E-state index in [2.05, 4.69) is 10.3 Å². The van der Waals surface area contributed by atoms with Crippen LogP contribution in [0.5, 0.6) is 0 Å². The van der Waals surface area contributed by atoms with Gasteiger partial charge in [-0.15, -0.1) is 11.8 Å². The smallest absolute Gasteiger partial charge is 0.397 e. The molecule has 0 saturated heterocycles. The summed E-state index contributed by atoms with van der Waals surface area (Å²) in [6, 6.07) is 6.09. The number of thioether (sulfide) groups is 1. The minimum atomic E-state index is -4.36. The zero-order valence-corrected chi connectivity index (χ0v) is 13.2. The molecule has 3 N–H and O–H groups in total. The maximum absolute atomic E-state index is 12.0. The molecule has 0 spiro atoms. The molecule has 1 aromatic heterocycles. The van der Waals surface area contributed by atoms with E-state index in [4.69, 9.17) is 0 Å². The molecule has 9 heteroatoms. The Morgan fingerprint density at radius 3 is 2.67 bits per heavy atom. The molecule has 1 heterocycles. The van der Waals surface area contributed by atoms with E-state index in [-0.39, 0.29) is 6.42 Å². The van der Waals surface area contributed by atoms with Crippen molar-refractivity contribution in [1.29, 1.82) is 0 Å². The number of carbonyl (C=O) groups excluding carboxylic acids is 1. The number of nitrogens with one attached hydrogen (secondary N) is 2. The Labute approximate surface area is 139 Å². The highest BCUT2D eigenvalue weighted by molar-refractivity contribution is 8.00. The highest BCUT2D eigenvalue weighted by Gasteiger charge is 2.28. The highest BCUT2D eigenvalue weighted by Crippen LogP contribution is 2.21. The van der Waals surface area contributed by atoms with Gasteiger partial charge in [0, 0.05) is 23.5 Å². The van der Waals surface area contributed by atoms with Gasteiger partial charge in [-0.2, -0.15) is 13.2 Å². The third kappa shape index (κ3) is 5.19. The van der Waals surface area contributed by atoms with E-state index >= 15 is 0 Å². The first-order chi connectivity index (χ1) is 11.3. The van der Waals surface area contributed by atoms with E-state index in [0.717, 1.165) is 10.9 Å². The monoisotopic (exact) mass is 360 g/mol. The second kappa shape index (κ2) is 7.61. The third-order valence-corrected chi connectivity index (χ3v) is 4.23. The Kier molecular flexibility index (Phi) is 5.76. The van der Waals surface area contributed by atoms with E-state index in [9.17, 15) is 27.9 Å². The second-order valence-corrected chi connectivity index (χ2v) is 6.12. The standard InChI is InChI=1S/C15H15F3N2O3S/c16-15(17,18)8-24-7-13(21)20-12(14(22)23)5-9-6-19-11-4-2-1-3-10(9)11/h1-4,6,12,19H,5,7-8H2,(H,20,21)(H,22,23). The number of aromatic amines is 1. The molecule has 2 rings (SSSR count). The second-order valence-electron chi connectivity index (χ2n) is 5.13. The Morgan fingerprint density at radius 2 is 2.00 bits per heavy atom. The van der Waals surface area contributed by atoms with Crippen LogP contribution < -0.4 is 5.32 Å². The Morgan fingerprint density at radius 1 is 1.29 bits per heavy atom. The summed E-state index contributed by atoms with van der Waals surface area (Å²) in [5.41, 5.74) is 1.55. The molecule has 0 saturated carbocycles. The van der Waals surface area contributed by atoms with Crippen LogP contribution in [0.15, 0.2) is 30.5 Å². The number of fused-ring (bicyclic) bond motifs is 1. The van der Waals surface area contributed by atoms with Gasteiger partial charge in [0.2, 0.25) is 5.91 Å². The number of H-pyrrole nitrogens is 1. The minimum absolute atomic E-state index is 0.0367. The number of halogens is 3. The van der Waals surface area contributed by atoms with E-state index in [1.54, 1.807) is 6.20 Å². The Balaban J connectivity index is 1.97. The van der Waals surface area contributed by atoms with Crippen LogP contribution in [0.1, 0.15) is 5.56 Å². The van der Waals surface area contributed by atoms with Crippen LogP contribution in [-0.2, 0) is 16.0 Å². The lowest BCUT2D eigenvalue weighted by Gasteiger charge is -2.14. The van der Waals surface area contributed by atoms with Gasteiger partial charge in [0.15, 0.2) is 0 Å². The van der Waals surface area contributed by atoms with Crippen molar-refractivity contribution >= 4 is 34.5 Å². The van der Waals surface area contributed by atoms with Gasteiger partial charge in [0.1, 0.15) is 6.04 Å². The summed E-state index contributed by atoms with van der Waals surface area (Å²) in [6.07, 6.45) is -2.67. The molecule has 1 atom stereocenters. The molecule has 0 aliphatic heterocycles. The zero-order chi connectivity index (χ0) is 17.7. The predicted octanol–water partition coefficient (Wildman–Crippen LogP) is 2.58. The average Bonchev–Trinajstić information content (AvgIpc) is 2.88. The molecule has 0 bridgehead atoms. The van der Waals surface area contributed by atoms with Crippen LogP contribution in [0.25, 0.3) is 10.9 Å². The van der Waals surface area contributed by atoms with Crippen LogP contribution in [0.3, 0.4) is 0 Å². The lowest BCUT2D eigenvalue weighted by molar-refractivity contribution is -0.141. The molecule has 1 aromatic carbocycles. The number of hydrogen-bond donors (Lipinski definition) is 3. The third-order valence-electron chi connectivity index (χ3n) is 3.23. The summed E-state index contributed by atoms with van der Waals surface area (Å²) in [4.78, 5) is 26.0. The molecule has 24 heavy (non-hydrogen) atoms. The highest BCUT2D eigenvalue weighted by atomic mass is 32.2. The minimum Gasteiger partial charge on any atom is -0.480 e. The summed E-state index contributed by atoms with van der Waals surface area (Å²) in [5, 5.41) is 12.3. The van der Waals surface area contributed by atoms with Gasteiger partial charge in [0.25, 0.3) is 0 Å². The van der Waals surface area contributed by atoms with Crippen molar-refractivity contribution in [2.24, 2.45) is 0 Å². The first-order valence-corrected chi connectivity index (χ1v) is 8.13. The summed E-state index contributed by atoms with van der Waals surface area (Å²) in [6.45, 7) is 0. The van der Waals surface area contributed by atoms with E-state index in [1.165, 1.54) is 0 Å². The number of carbonyl (C=O) groups is 2. The fraction of sp³-hybridized carbons (Fsp3) is 0.333. The lowest BCUT2D eigenvalue weighted by Crippen LogP contribution is -2.43. The summed E-state index contributed by atoms with van der Waals surface area (Å²) in [5.74, 6) is -3.58. The number of alkyl halides is 3. The number of benzene rings is 1. The molecule has 1 amide bonds. The van der Waals surface area contributed by atoms with Gasteiger partial charge in [-0.1, -0.05) is 18.2 Å². The van der Waals surface area contributed by atoms with Crippen molar-refractivity contribution < 1.29 is 27.9 Å². The first-order valence-electron chi connectivity index (χ1n) is 6.98. The average molecular weight is 360 g/mol. The van der Waals surface area contributed by atoms with Crippen LogP contribution >= 0.6 is 11.8 Å².